The molecule has 0 bridgehead atoms. The molecule has 8 nitrogen and oxygen atoms in total. The minimum absolute atomic E-state index is 0.0706. The number of carbonyl (C=O) groups excluding carboxylic acids is 1. The lowest BCUT2D eigenvalue weighted by molar-refractivity contribution is -0.118. The maximum absolute atomic E-state index is 12.2. The van der Waals surface area contributed by atoms with Crippen LogP contribution in [0.4, 0.5) is 5.82 Å². The largest absolute Gasteiger partial charge is 0.360 e. The summed E-state index contributed by atoms with van der Waals surface area (Å²) in [5.41, 5.74) is 0. The van der Waals surface area contributed by atoms with Gasteiger partial charge in [0, 0.05) is 12.1 Å². The van der Waals surface area contributed by atoms with Crippen LogP contribution in [0.25, 0.3) is 0 Å². The van der Waals surface area contributed by atoms with Crippen LogP contribution < -0.4 is 5.32 Å². The fourth-order valence-electron chi connectivity index (χ4n) is 2.81. The van der Waals surface area contributed by atoms with Crippen LogP contribution in [-0.2, 0) is 11.3 Å². The van der Waals surface area contributed by atoms with Crippen LogP contribution in [0.5, 0.6) is 0 Å². The van der Waals surface area contributed by atoms with Crippen molar-refractivity contribution in [3.05, 3.63) is 24.5 Å². The Morgan fingerprint density at radius 2 is 2.41 bits per heavy atom. The van der Waals surface area contributed by atoms with E-state index in [9.17, 15) is 4.79 Å². The van der Waals surface area contributed by atoms with Crippen molar-refractivity contribution < 1.29 is 9.32 Å². The summed E-state index contributed by atoms with van der Waals surface area (Å²) in [6, 6.07) is 2.02. The predicted octanol–water partition coefficient (Wildman–Crippen LogP) is 1.07. The first-order valence-corrected chi connectivity index (χ1v) is 7.50. The molecule has 1 amide bonds. The van der Waals surface area contributed by atoms with Crippen molar-refractivity contribution in [1.82, 2.24) is 24.8 Å². The van der Waals surface area contributed by atoms with Crippen LogP contribution in [-0.4, -0.2) is 49.9 Å². The molecule has 118 valence electrons. The number of piperidine rings is 1. The second-order valence-electron chi connectivity index (χ2n) is 5.61. The molecule has 0 spiro atoms. The third kappa shape index (κ3) is 3.70. The molecule has 3 heterocycles. The Labute approximate surface area is 128 Å². The molecule has 2 aromatic rings. The summed E-state index contributed by atoms with van der Waals surface area (Å²) in [4.78, 5) is 18.3. The van der Waals surface area contributed by atoms with E-state index in [1.54, 1.807) is 19.3 Å². The number of aromatic nitrogens is 4. The van der Waals surface area contributed by atoms with Gasteiger partial charge >= 0.3 is 0 Å². The number of nitrogens with zero attached hydrogens (tertiary/aromatic N) is 5. The molecule has 22 heavy (non-hydrogen) atoms. The van der Waals surface area contributed by atoms with Crippen molar-refractivity contribution in [3.63, 3.8) is 0 Å². The van der Waals surface area contributed by atoms with Gasteiger partial charge in [-0.3, -0.25) is 14.4 Å². The van der Waals surface area contributed by atoms with E-state index in [0.717, 1.165) is 25.9 Å². The van der Waals surface area contributed by atoms with Gasteiger partial charge in [-0.15, -0.1) is 0 Å². The Morgan fingerprint density at radius 1 is 1.50 bits per heavy atom. The van der Waals surface area contributed by atoms with Crippen LogP contribution in [0.15, 0.2) is 23.2 Å². The summed E-state index contributed by atoms with van der Waals surface area (Å²) in [5, 5.41) is 10.7. The lowest BCUT2D eigenvalue weighted by atomic mass is 10.0. The number of nitrogens with one attached hydrogen (secondary N) is 1. The minimum Gasteiger partial charge on any atom is -0.360 e. The van der Waals surface area contributed by atoms with E-state index in [1.807, 2.05) is 4.68 Å². The molecule has 0 saturated carbocycles. The molecular formula is C14H20N6O2. The van der Waals surface area contributed by atoms with Crippen LogP contribution in [0, 0.1) is 6.92 Å². The predicted molar refractivity (Wildman–Crippen MR) is 79.1 cm³/mol. The van der Waals surface area contributed by atoms with Gasteiger partial charge in [0.1, 0.15) is 18.4 Å². The summed E-state index contributed by atoms with van der Waals surface area (Å²) >= 11 is 0. The molecule has 1 N–H and O–H groups in total. The maximum Gasteiger partial charge on any atom is 0.239 e. The van der Waals surface area contributed by atoms with E-state index in [-0.39, 0.29) is 5.91 Å². The third-order valence-electron chi connectivity index (χ3n) is 3.86. The number of hydrogen-bond donors (Lipinski definition) is 1. The lowest BCUT2D eigenvalue weighted by Gasteiger charge is -2.34. The number of likely N-dealkylation sites (tertiary alicyclic amines) is 1. The van der Waals surface area contributed by atoms with E-state index >= 15 is 0 Å². The third-order valence-corrected chi connectivity index (χ3v) is 3.86. The van der Waals surface area contributed by atoms with E-state index in [4.69, 9.17) is 4.52 Å². The zero-order valence-electron chi connectivity index (χ0n) is 12.6. The molecule has 0 aromatic carbocycles. The van der Waals surface area contributed by atoms with Crippen molar-refractivity contribution in [3.8, 4) is 0 Å². The molecule has 1 saturated heterocycles. The van der Waals surface area contributed by atoms with Crippen molar-refractivity contribution in [2.24, 2.45) is 0 Å². The SMILES string of the molecule is Cc1cc(NC(=O)CN2CCCC[C@@H]2Cn2cncn2)no1. The van der Waals surface area contributed by atoms with Crippen molar-refractivity contribution >= 4 is 11.7 Å². The first kappa shape index (κ1) is 14.7. The van der Waals surface area contributed by atoms with E-state index in [0.29, 0.717) is 24.2 Å². The number of hydrogen-bond acceptors (Lipinski definition) is 6. The van der Waals surface area contributed by atoms with Gasteiger partial charge in [0.2, 0.25) is 5.91 Å². The van der Waals surface area contributed by atoms with E-state index in [1.165, 1.54) is 12.7 Å². The summed E-state index contributed by atoms with van der Waals surface area (Å²) < 4.78 is 6.77. The number of aryl methyl sites for hydroxylation is 1. The summed E-state index contributed by atoms with van der Waals surface area (Å²) in [6.07, 6.45) is 6.61. The number of rotatable bonds is 5. The zero-order valence-corrected chi connectivity index (χ0v) is 12.6. The fourth-order valence-corrected chi connectivity index (χ4v) is 2.81. The number of carbonyl (C=O) groups is 1. The van der Waals surface area contributed by atoms with Crippen molar-refractivity contribution in [1.29, 1.82) is 0 Å². The summed E-state index contributed by atoms with van der Waals surface area (Å²) in [5.74, 6) is 1.07. The molecule has 1 atom stereocenters. The quantitative estimate of drug-likeness (QED) is 0.888. The molecule has 0 radical (unpaired) electrons. The van der Waals surface area contributed by atoms with Gasteiger partial charge in [-0.05, 0) is 26.3 Å². The highest BCUT2D eigenvalue weighted by molar-refractivity contribution is 5.91. The van der Waals surface area contributed by atoms with Crippen LogP contribution in [0.1, 0.15) is 25.0 Å². The zero-order chi connectivity index (χ0) is 15.4. The normalized spacial score (nSPS) is 19.2. The number of amides is 1. The fraction of sp³-hybridized carbons (Fsp3) is 0.571. The molecule has 2 aromatic heterocycles. The molecular weight excluding hydrogens is 284 g/mol. The first-order chi connectivity index (χ1) is 10.7. The Hall–Kier alpha value is -2.22. The van der Waals surface area contributed by atoms with Crippen LogP contribution in [0.2, 0.25) is 0 Å². The van der Waals surface area contributed by atoms with Crippen molar-refractivity contribution in [2.45, 2.75) is 38.8 Å². The van der Waals surface area contributed by atoms with Gasteiger partial charge < -0.3 is 9.84 Å². The molecule has 1 fully saturated rings. The molecule has 0 aliphatic carbocycles. The first-order valence-electron chi connectivity index (χ1n) is 7.50. The highest BCUT2D eigenvalue weighted by Gasteiger charge is 2.25. The summed E-state index contributed by atoms with van der Waals surface area (Å²) in [6.45, 7) is 3.83. The minimum atomic E-state index is -0.0706. The van der Waals surface area contributed by atoms with Gasteiger partial charge in [-0.25, -0.2) is 4.98 Å². The second kappa shape index (κ2) is 6.69. The van der Waals surface area contributed by atoms with Gasteiger partial charge in [0.15, 0.2) is 5.82 Å². The Balaban J connectivity index is 1.57. The Morgan fingerprint density at radius 3 is 3.14 bits per heavy atom. The smallest absolute Gasteiger partial charge is 0.239 e. The van der Waals surface area contributed by atoms with Gasteiger partial charge in [0.25, 0.3) is 0 Å². The molecule has 8 heteroatoms. The molecule has 0 unspecified atom stereocenters. The molecule has 3 rings (SSSR count). The average Bonchev–Trinajstić information content (AvgIpc) is 3.13. The standard InChI is InChI=1S/C14H20N6O2/c1-11-6-13(18-22-11)17-14(21)8-19-5-3-2-4-12(19)7-20-10-15-9-16-20/h6,9-10,12H,2-5,7-8H2,1H3,(H,17,18,21)/t12-/m1/s1. The monoisotopic (exact) mass is 304 g/mol. The average molecular weight is 304 g/mol. The van der Waals surface area contributed by atoms with Gasteiger partial charge in [-0.1, -0.05) is 11.6 Å². The van der Waals surface area contributed by atoms with Crippen LogP contribution in [0.3, 0.4) is 0 Å². The Bertz CT molecular complexity index is 609. The van der Waals surface area contributed by atoms with E-state index in [2.05, 4.69) is 25.5 Å². The van der Waals surface area contributed by atoms with E-state index < -0.39 is 0 Å². The number of anilines is 1. The highest BCUT2D eigenvalue weighted by Crippen LogP contribution is 2.18. The summed E-state index contributed by atoms with van der Waals surface area (Å²) in [7, 11) is 0. The topological polar surface area (TPSA) is 89.1 Å². The van der Waals surface area contributed by atoms with Gasteiger partial charge in [0.05, 0.1) is 13.1 Å². The van der Waals surface area contributed by atoms with Crippen LogP contribution >= 0.6 is 0 Å². The van der Waals surface area contributed by atoms with Gasteiger partial charge in [-0.2, -0.15) is 5.10 Å². The Kier molecular flexibility index (Phi) is 4.47. The lowest BCUT2D eigenvalue weighted by Crippen LogP contribution is -2.46. The second-order valence-corrected chi connectivity index (χ2v) is 5.61. The highest BCUT2D eigenvalue weighted by atomic mass is 16.5. The van der Waals surface area contributed by atoms with Crippen molar-refractivity contribution in [2.75, 3.05) is 18.4 Å². The molecule has 1 aliphatic heterocycles. The molecule has 1 aliphatic rings. The maximum atomic E-state index is 12.2.